The lowest BCUT2D eigenvalue weighted by Crippen LogP contribution is -2.39. The van der Waals surface area contributed by atoms with Crippen LogP contribution in [0.3, 0.4) is 0 Å². The summed E-state index contributed by atoms with van der Waals surface area (Å²) in [5.41, 5.74) is 1.09. The molecule has 140 valence electrons. The van der Waals surface area contributed by atoms with Gasteiger partial charge in [0.05, 0.1) is 4.90 Å². The summed E-state index contributed by atoms with van der Waals surface area (Å²) >= 11 is 5.49. The molecule has 27 heavy (non-hydrogen) atoms. The fourth-order valence-electron chi connectivity index (χ4n) is 2.51. The number of rotatable bonds is 6. The number of nitrogens with one attached hydrogen (secondary N) is 2. The molecule has 0 unspecified atom stereocenters. The van der Waals surface area contributed by atoms with Crippen molar-refractivity contribution < 1.29 is 13.5 Å². The molecule has 0 atom stereocenters. The van der Waals surface area contributed by atoms with Crippen molar-refractivity contribution in [2.45, 2.75) is 10.8 Å². The highest BCUT2D eigenvalue weighted by atomic mass is 79.9. The van der Waals surface area contributed by atoms with E-state index >= 15 is 0 Å². The second-order valence-corrected chi connectivity index (χ2v) is 8.38. The average molecular weight is 471 g/mol. The number of hydrogen-bond donors (Lipinski definition) is 2. The maximum atomic E-state index is 14.4. The van der Waals surface area contributed by atoms with Crippen LogP contribution >= 0.6 is 39.4 Å². The van der Waals surface area contributed by atoms with Gasteiger partial charge in [-0.1, -0.05) is 15.9 Å². The van der Waals surface area contributed by atoms with Crippen LogP contribution < -0.4 is 14.8 Å². The van der Waals surface area contributed by atoms with Gasteiger partial charge in [-0.15, -0.1) is 0 Å². The topological polar surface area (TPSA) is 59.1 Å². The van der Waals surface area contributed by atoms with Crippen molar-refractivity contribution in [2.24, 2.45) is 0 Å². The molecule has 0 radical (unpaired) electrons. The summed E-state index contributed by atoms with van der Waals surface area (Å²) in [6, 6.07) is 7.73. The first-order chi connectivity index (χ1) is 13.1. The summed E-state index contributed by atoms with van der Waals surface area (Å²) in [6.07, 6.45) is 1.38. The lowest BCUT2D eigenvalue weighted by atomic mass is 9.94. The van der Waals surface area contributed by atoms with Gasteiger partial charge in [-0.25, -0.2) is 13.8 Å². The zero-order chi connectivity index (χ0) is 18.8. The Bertz CT molecular complexity index is 954. The molecule has 0 saturated carbocycles. The van der Waals surface area contributed by atoms with E-state index in [-0.39, 0.29) is 10.6 Å². The van der Waals surface area contributed by atoms with Crippen LogP contribution in [-0.4, -0.2) is 22.4 Å². The molecule has 0 spiro atoms. The Balaban J connectivity index is 1.52. The third-order valence-corrected chi connectivity index (χ3v) is 5.97. The average Bonchev–Trinajstić information content (AvgIpc) is 3.08. The standard InChI is InChI=1S/C17H13BrF2N4OS2/c18-11-1-9(10-6-21-7-10)2-12(3-11)25-15-4-14(20)16(5-13(15)19)26-24-17-22-8-23-27-17/h1-5,8,10,21H,6-7H2,(H,22,23,24). The normalized spacial score (nSPS) is 14.0. The second-order valence-electron chi connectivity index (χ2n) is 5.84. The number of halogens is 3. The van der Waals surface area contributed by atoms with Crippen molar-refractivity contribution >= 4 is 44.5 Å². The van der Waals surface area contributed by atoms with Crippen molar-refractivity contribution in [1.29, 1.82) is 0 Å². The highest BCUT2D eigenvalue weighted by molar-refractivity contribution is 9.10. The summed E-state index contributed by atoms with van der Waals surface area (Å²) in [5.74, 6) is -0.547. The SMILES string of the molecule is Fc1cc(SNc2ncns2)c(F)cc1Oc1cc(Br)cc(C2CNC2)c1. The first kappa shape index (κ1) is 18.6. The minimum atomic E-state index is -0.648. The van der Waals surface area contributed by atoms with Crippen LogP contribution in [0.15, 0.2) is 46.0 Å². The number of benzene rings is 2. The van der Waals surface area contributed by atoms with E-state index in [9.17, 15) is 8.78 Å². The number of nitrogens with zero attached hydrogens (tertiary/aromatic N) is 2. The molecule has 10 heteroatoms. The van der Waals surface area contributed by atoms with Crippen molar-refractivity contribution in [1.82, 2.24) is 14.7 Å². The van der Waals surface area contributed by atoms with Crippen molar-refractivity contribution in [3.63, 3.8) is 0 Å². The van der Waals surface area contributed by atoms with Crippen LogP contribution in [0.4, 0.5) is 13.9 Å². The lowest BCUT2D eigenvalue weighted by Gasteiger charge is -2.28. The number of hydrogen-bond acceptors (Lipinski definition) is 7. The van der Waals surface area contributed by atoms with Crippen LogP contribution in [0.1, 0.15) is 11.5 Å². The molecule has 2 heterocycles. The third-order valence-electron chi connectivity index (χ3n) is 3.97. The third kappa shape index (κ3) is 4.40. The number of aromatic nitrogens is 2. The Labute approximate surface area is 171 Å². The summed E-state index contributed by atoms with van der Waals surface area (Å²) in [5, 5.41) is 3.72. The molecule has 2 N–H and O–H groups in total. The summed E-state index contributed by atoms with van der Waals surface area (Å²) in [6.45, 7) is 1.79. The second kappa shape index (κ2) is 8.09. The van der Waals surface area contributed by atoms with Gasteiger partial charge in [-0.2, -0.15) is 4.37 Å². The molecule has 1 aliphatic heterocycles. The highest BCUT2D eigenvalue weighted by Crippen LogP contribution is 2.34. The Kier molecular flexibility index (Phi) is 5.58. The molecule has 1 aliphatic rings. The molecule has 0 bridgehead atoms. The van der Waals surface area contributed by atoms with E-state index in [2.05, 4.69) is 35.3 Å². The van der Waals surface area contributed by atoms with Crippen LogP contribution in [0, 0.1) is 11.6 Å². The van der Waals surface area contributed by atoms with Gasteiger partial charge >= 0.3 is 0 Å². The molecule has 2 aromatic carbocycles. The Hall–Kier alpha value is -1.75. The fourth-order valence-corrected chi connectivity index (χ4v) is 4.14. The van der Waals surface area contributed by atoms with Crippen LogP contribution in [0.2, 0.25) is 0 Å². The summed E-state index contributed by atoms with van der Waals surface area (Å²) in [4.78, 5) is 4.03. The van der Waals surface area contributed by atoms with Gasteiger partial charge < -0.3 is 14.8 Å². The van der Waals surface area contributed by atoms with Gasteiger partial charge in [-0.3, -0.25) is 0 Å². The van der Waals surface area contributed by atoms with E-state index in [0.717, 1.165) is 58.7 Å². The van der Waals surface area contributed by atoms with Crippen molar-refractivity contribution in [3.05, 3.63) is 58.3 Å². The van der Waals surface area contributed by atoms with E-state index in [4.69, 9.17) is 4.74 Å². The first-order valence-electron chi connectivity index (χ1n) is 7.96. The molecular formula is C17H13BrF2N4OS2. The lowest BCUT2D eigenvalue weighted by molar-refractivity contribution is 0.425. The predicted molar refractivity (Wildman–Crippen MR) is 106 cm³/mol. The van der Waals surface area contributed by atoms with E-state index in [1.165, 1.54) is 6.33 Å². The van der Waals surface area contributed by atoms with Crippen molar-refractivity contribution in [2.75, 3.05) is 17.8 Å². The van der Waals surface area contributed by atoms with E-state index in [0.29, 0.717) is 16.8 Å². The van der Waals surface area contributed by atoms with Gasteiger partial charge in [0.2, 0.25) is 5.13 Å². The maximum Gasteiger partial charge on any atom is 0.212 e. The molecule has 0 aliphatic carbocycles. The van der Waals surface area contributed by atoms with Gasteiger partial charge in [0, 0.05) is 41.1 Å². The van der Waals surface area contributed by atoms with Gasteiger partial charge in [0.15, 0.2) is 11.6 Å². The molecule has 5 nitrogen and oxygen atoms in total. The molecule has 3 aromatic rings. The minimum Gasteiger partial charge on any atom is -0.454 e. The smallest absolute Gasteiger partial charge is 0.212 e. The molecular weight excluding hydrogens is 458 g/mol. The quantitative estimate of drug-likeness (QED) is 0.484. The Morgan fingerprint density at radius 2 is 2.04 bits per heavy atom. The zero-order valence-electron chi connectivity index (χ0n) is 13.7. The van der Waals surface area contributed by atoms with Crippen LogP contribution in [-0.2, 0) is 0 Å². The van der Waals surface area contributed by atoms with Gasteiger partial charge in [0.1, 0.15) is 17.9 Å². The van der Waals surface area contributed by atoms with E-state index in [1.54, 1.807) is 6.07 Å². The predicted octanol–water partition coefficient (Wildman–Crippen LogP) is 5.18. The number of anilines is 1. The molecule has 0 amide bonds. The van der Waals surface area contributed by atoms with Gasteiger partial charge in [0.25, 0.3) is 0 Å². The molecule has 1 fully saturated rings. The summed E-state index contributed by atoms with van der Waals surface area (Å²) in [7, 11) is 0. The Morgan fingerprint density at radius 3 is 2.74 bits per heavy atom. The van der Waals surface area contributed by atoms with Crippen LogP contribution in [0.25, 0.3) is 0 Å². The first-order valence-corrected chi connectivity index (χ1v) is 10.3. The Morgan fingerprint density at radius 1 is 1.19 bits per heavy atom. The highest BCUT2D eigenvalue weighted by Gasteiger charge is 2.20. The van der Waals surface area contributed by atoms with E-state index < -0.39 is 11.6 Å². The van der Waals surface area contributed by atoms with Crippen LogP contribution in [0.5, 0.6) is 11.5 Å². The molecule has 1 aromatic heterocycles. The molecule has 1 saturated heterocycles. The largest absolute Gasteiger partial charge is 0.454 e. The van der Waals surface area contributed by atoms with Crippen molar-refractivity contribution in [3.8, 4) is 11.5 Å². The molecule has 4 rings (SSSR count). The number of ether oxygens (including phenoxy) is 1. The van der Waals surface area contributed by atoms with Gasteiger partial charge in [-0.05, 0) is 41.8 Å². The zero-order valence-corrected chi connectivity index (χ0v) is 16.9. The maximum absolute atomic E-state index is 14.4. The fraction of sp³-hybridized carbons (Fsp3) is 0.176. The minimum absolute atomic E-state index is 0.102. The van der Waals surface area contributed by atoms with E-state index in [1.807, 2.05) is 12.1 Å². The monoisotopic (exact) mass is 470 g/mol. The summed E-state index contributed by atoms with van der Waals surface area (Å²) < 4.78 is 41.9.